The molecule has 0 amide bonds. The fourth-order valence-electron chi connectivity index (χ4n) is 1.17. The van der Waals surface area contributed by atoms with Gasteiger partial charge in [0, 0.05) is 6.54 Å². The van der Waals surface area contributed by atoms with Crippen LogP contribution in [0.5, 0.6) is 0 Å². The van der Waals surface area contributed by atoms with Gasteiger partial charge in [-0.25, -0.2) is 0 Å². The number of hydrogen-bond donors (Lipinski definition) is 1. The van der Waals surface area contributed by atoms with Gasteiger partial charge >= 0.3 is 6.18 Å². The van der Waals surface area contributed by atoms with Crippen molar-refractivity contribution in [2.45, 2.75) is 52.5 Å². The van der Waals surface area contributed by atoms with Gasteiger partial charge in [-0.05, 0) is 32.7 Å². The summed E-state index contributed by atoms with van der Waals surface area (Å²) in [5.74, 6) is 0.595. The Balaban J connectivity index is 3.62. The number of halogens is 3. The van der Waals surface area contributed by atoms with Crippen molar-refractivity contribution in [2.75, 3.05) is 13.1 Å². The van der Waals surface area contributed by atoms with E-state index in [0.717, 1.165) is 19.9 Å². The van der Waals surface area contributed by atoms with E-state index in [9.17, 15) is 13.2 Å². The van der Waals surface area contributed by atoms with Crippen molar-refractivity contribution in [1.82, 2.24) is 5.32 Å². The molecule has 0 spiro atoms. The molecule has 0 heterocycles. The largest absolute Gasteiger partial charge is 0.414 e. The molecule has 0 aromatic carbocycles. The Hall–Kier alpha value is -0.290. The lowest BCUT2D eigenvalue weighted by atomic mass is 10.1. The molecule has 0 fully saturated rings. The Morgan fingerprint density at radius 2 is 1.69 bits per heavy atom. The highest BCUT2D eigenvalue weighted by Gasteiger charge is 2.37. The van der Waals surface area contributed by atoms with Gasteiger partial charge in [-0.3, -0.25) is 0 Å². The monoisotopic (exact) mass is 241 g/mol. The number of ether oxygens (including phenoxy) is 1. The minimum Gasteiger partial charge on any atom is -0.365 e. The van der Waals surface area contributed by atoms with Crippen molar-refractivity contribution >= 4 is 0 Å². The van der Waals surface area contributed by atoms with E-state index in [1.807, 2.05) is 0 Å². The normalized spacial score (nSPS) is 16.5. The Morgan fingerprint density at radius 3 is 2.12 bits per heavy atom. The summed E-state index contributed by atoms with van der Waals surface area (Å²) in [7, 11) is 0. The van der Waals surface area contributed by atoms with E-state index in [1.54, 1.807) is 6.92 Å². The average Bonchev–Trinajstić information content (AvgIpc) is 2.10. The molecule has 98 valence electrons. The number of alkyl halides is 3. The van der Waals surface area contributed by atoms with Gasteiger partial charge in [-0.15, -0.1) is 0 Å². The third-order valence-corrected chi connectivity index (χ3v) is 2.23. The lowest BCUT2D eigenvalue weighted by molar-refractivity contribution is -0.224. The lowest BCUT2D eigenvalue weighted by Crippen LogP contribution is -2.36. The minimum atomic E-state index is -4.27. The molecule has 0 saturated carbocycles. The van der Waals surface area contributed by atoms with Crippen LogP contribution in [-0.4, -0.2) is 31.5 Å². The zero-order valence-electron chi connectivity index (χ0n) is 10.4. The van der Waals surface area contributed by atoms with Crippen LogP contribution in [0.2, 0.25) is 0 Å². The zero-order chi connectivity index (χ0) is 12.8. The molecule has 2 atom stereocenters. The van der Waals surface area contributed by atoms with Gasteiger partial charge in [0.2, 0.25) is 0 Å². The number of rotatable bonds is 7. The summed E-state index contributed by atoms with van der Waals surface area (Å²) in [6, 6.07) is 0. The molecule has 0 aromatic heterocycles. The summed E-state index contributed by atoms with van der Waals surface area (Å²) < 4.78 is 41.3. The highest BCUT2D eigenvalue weighted by molar-refractivity contribution is 4.65. The summed E-state index contributed by atoms with van der Waals surface area (Å²) in [6.07, 6.45) is -5.38. The van der Waals surface area contributed by atoms with Gasteiger partial charge in [0.15, 0.2) is 6.10 Å². The van der Waals surface area contributed by atoms with E-state index in [0.29, 0.717) is 12.5 Å². The first kappa shape index (κ1) is 15.7. The second-order valence-electron chi connectivity index (χ2n) is 4.52. The maximum absolute atomic E-state index is 12.2. The van der Waals surface area contributed by atoms with Gasteiger partial charge < -0.3 is 10.1 Å². The minimum absolute atomic E-state index is 0.427. The van der Waals surface area contributed by atoms with Crippen LogP contribution in [0.1, 0.15) is 34.1 Å². The molecule has 2 nitrogen and oxygen atoms in total. The fourth-order valence-corrected chi connectivity index (χ4v) is 1.17. The Labute approximate surface area is 95.5 Å². The molecule has 0 aliphatic heterocycles. The van der Waals surface area contributed by atoms with E-state index >= 15 is 0 Å². The highest BCUT2D eigenvalue weighted by Crippen LogP contribution is 2.23. The van der Waals surface area contributed by atoms with Crippen LogP contribution in [0.3, 0.4) is 0 Å². The molecule has 1 N–H and O–H groups in total. The molecule has 0 aliphatic rings. The van der Waals surface area contributed by atoms with Gasteiger partial charge in [-0.2, -0.15) is 13.2 Å². The molecule has 5 heteroatoms. The quantitative estimate of drug-likeness (QED) is 0.692. The van der Waals surface area contributed by atoms with E-state index in [-0.39, 0.29) is 0 Å². The van der Waals surface area contributed by atoms with Crippen molar-refractivity contribution < 1.29 is 17.9 Å². The summed E-state index contributed by atoms with van der Waals surface area (Å²) in [5.41, 5.74) is 0. The molecule has 0 radical (unpaired) electrons. The zero-order valence-corrected chi connectivity index (χ0v) is 10.4. The molecular formula is C11H22F3NO. The Morgan fingerprint density at radius 1 is 1.12 bits per heavy atom. The molecular weight excluding hydrogens is 219 g/mol. The first-order valence-electron chi connectivity index (χ1n) is 5.66. The molecule has 16 heavy (non-hydrogen) atoms. The third kappa shape index (κ3) is 7.93. The van der Waals surface area contributed by atoms with Crippen LogP contribution >= 0.6 is 0 Å². The van der Waals surface area contributed by atoms with Crippen LogP contribution in [0.25, 0.3) is 0 Å². The van der Waals surface area contributed by atoms with Gasteiger partial charge in [-0.1, -0.05) is 13.8 Å². The maximum atomic E-state index is 12.2. The van der Waals surface area contributed by atoms with Crippen LogP contribution < -0.4 is 5.32 Å². The summed E-state index contributed by atoms with van der Waals surface area (Å²) in [5, 5.41) is 3.08. The number of hydrogen-bond acceptors (Lipinski definition) is 2. The predicted octanol–water partition coefficient (Wildman–Crippen LogP) is 2.98. The summed E-state index contributed by atoms with van der Waals surface area (Å²) >= 11 is 0. The predicted molar refractivity (Wildman–Crippen MR) is 58.4 cm³/mol. The molecule has 0 aromatic rings. The topological polar surface area (TPSA) is 21.3 Å². The van der Waals surface area contributed by atoms with E-state index in [2.05, 4.69) is 19.2 Å². The van der Waals surface area contributed by atoms with Crippen LogP contribution in [0.4, 0.5) is 13.2 Å². The third-order valence-electron chi connectivity index (χ3n) is 2.23. The second kappa shape index (κ2) is 7.12. The molecule has 0 rings (SSSR count). The molecule has 0 saturated heterocycles. The van der Waals surface area contributed by atoms with Crippen molar-refractivity contribution in [3.8, 4) is 0 Å². The van der Waals surface area contributed by atoms with E-state index in [1.165, 1.54) is 0 Å². The van der Waals surface area contributed by atoms with Crippen molar-refractivity contribution in [1.29, 1.82) is 0 Å². The van der Waals surface area contributed by atoms with Gasteiger partial charge in [0.1, 0.15) is 0 Å². The fraction of sp³-hybridized carbons (Fsp3) is 1.00. The molecule has 0 bridgehead atoms. The summed E-state index contributed by atoms with van der Waals surface area (Å²) in [4.78, 5) is 0. The first-order valence-corrected chi connectivity index (χ1v) is 5.66. The summed E-state index contributed by atoms with van der Waals surface area (Å²) in [6.45, 7) is 8.15. The Kier molecular flexibility index (Phi) is 6.99. The first-order chi connectivity index (χ1) is 7.23. The standard InChI is InChI=1S/C11H22F3NO/c1-8(2)5-6-15-7-9(3)16-10(4)11(12,13)14/h8-10,15H,5-7H2,1-4H3. The molecule has 0 aliphatic carbocycles. The smallest absolute Gasteiger partial charge is 0.365 e. The van der Waals surface area contributed by atoms with Crippen LogP contribution in [0.15, 0.2) is 0 Å². The van der Waals surface area contributed by atoms with E-state index < -0.39 is 18.4 Å². The lowest BCUT2D eigenvalue weighted by Gasteiger charge is -2.21. The SMILES string of the molecule is CC(C)CCNCC(C)OC(C)C(F)(F)F. The van der Waals surface area contributed by atoms with Gasteiger partial charge in [0.05, 0.1) is 6.10 Å². The number of nitrogens with one attached hydrogen (secondary N) is 1. The highest BCUT2D eigenvalue weighted by atomic mass is 19.4. The maximum Gasteiger partial charge on any atom is 0.414 e. The average molecular weight is 241 g/mol. The van der Waals surface area contributed by atoms with Crippen LogP contribution in [-0.2, 0) is 4.74 Å². The van der Waals surface area contributed by atoms with E-state index in [4.69, 9.17) is 4.74 Å². The van der Waals surface area contributed by atoms with Gasteiger partial charge in [0.25, 0.3) is 0 Å². The van der Waals surface area contributed by atoms with Crippen molar-refractivity contribution in [2.24, 2.45) is 5.92 Å². The van der Waals surface area contributed by atoms with Crippen molar-refractivity contribution in [3.05, 3.63) is 0 Å². The Bertz CT molecular complexity index is 183. The van der Waals surface area contributed by atoms with Crippen molar-refractivity contribution in [3.63, 3.8) is 0 Å². The second-order valence-corrected chi connectivity index (χ2v) is 4.52. The van der Waals surface area contributed by atoms with Crippen LogP contribution in [0, 0.1) is 5.92 Å². The molecule has 2 unspecified atom stereocenters.